The standard InChI is InChI=1S/C21H24N4O2.C15H15N3O2.C6H11NO.S12.4H2/c1-12-16(21(26)27-3)17(13-7-5-4-6-8-13)18-19(22)14-11-25(2)10-9-15(14)24-20(18)23-12;1-9-12(15(19)20-2)13(10-6-4-3-5-7-10)11(8-16)14(17)18-9;1-7-4-2-6(8)3-5-7;1-3-5-7-9-11-12-10-8-6-4-2;;;;/h4-8,17H,9-11H2,1-3H3,(H3,22,23,24);3-7,13,18H,17H2,1-2H3;2-5H2,1H3;;4*1H/i;;;;3*1+1D;1+1. The van der Waals surface area contributed by atoms with Crippen LogP contribution in [0.3, 0.4) is 0 Å². The molecule has 0 spiro atoms. The van der Waals surface area contributed by atoms with Crippen LogP contribution in [-0.2, 0) is 148 Å². The van der Waals surface area contributed by atoms with Crippen molar-refractivity contribution in [3.8, 4) is 6.07 Å². The number of likely N-dealkylation sites (N-methyl/N-ethyl adjacent to an activating group) is 1. The highest BCUT2D eigenvalue weighted by Crippen LogP contribution is 2.46. The number of nitrogen functional groups attached to an aromatic ring is 1. The van der Waals surface area contributed by atoms with Crippen LogP contribution in [0.4, 0.5) is 11.5 Å². The predicted molar refractivity (Wildman–Crippen MR) is 308 cm³/mol. The first kappa shape index (κ1) is 51.5. The Morgan fingerprint density at radius 3 is 1.70 bits per heavy atom. The molecule has 3 aromatic rings. The summed E-state index contributed by atoms with van der Waals surface area (Å²) in [6.45, 7) is 7.26. The van der Waals surface area contributed by atoms with Gasteiger partial charge in [0.05, 0.1) is 48.6 Å². The molecule has 5 heterocycles. The molecule has 0 bridgehead atoms. The van der Waals surface area contributed by atoms with Crippen LogP contribution in [-0.4, -0.2) is 80.5 Å². The minimum Gasteiger partial charge on any atom is -0.466 e. The maximum absolute atomic E-state index is 12.6. The van der Waals surface area contributed by atoms with E-state index in [4.69, 9.17) is 34.8 Å². The molecule has 1 aromatic heterocycles. The Morgan fingerprint density at radius 1 is 0.761 bits per heavy atom. The van der Waals surface area contributed by atoms with Crippen LogP contribution in [0.1, 0.15) is 76.8 Å². The predicted octanol–water partition coefficient (Wildman–Crippen LogP) is 5.41. The Bertz CT molecular complexity index is 2910. The summed E-state index contributed by atoms with van der Waals surface area (Å²) < 4.78 is 39.9. The number of nitrogens with two attached hydrogens (primary N) is 2. The van der Waals surface area contributed by atoms with Crippen molar-refractivity contribution in [1.82, 2.24) is 20.1 Å². The van der Waals surface area contributed by atoms with Crippen molar-refractivity contribution in [2.75, 3.05) is 59.0 Å². The number of allylic oxidation sites excluding steroid dienone is 3. The largest absolute Gasteiger partial charge is 0.466 e. The van der Waals surface area contributed by atoms with Gasteiger partial charge in [0.25, 0.3) is 0 Å². The number of carbonyl (C=O) groups is 3. The van der Waals surface area contributed by atoms with E-state index in [9.17, 15) is 19.6 Å². The van der Waals surface area contributed by atoms with Crippen molar-refractivity contribution in [3.63, 3.8) is 0 Å². The molecule has 67 heavy (non-hydrogen) atoms. The molecule has 0 amide bonds. The third kappa shape index (κ3) is 16.4. The first-order valence-electron chi connectivity index (χ1n) is 23.0. The van der Waals surface area contributed by atoms with E-state index in [2.05, 4.69) is 55.9 Å². The Kier molecular flexibility index (Phi) is 22.8. The molecule has 0 radical (unpaired) electrons. The zero-order valence-corrected chi connectivity index (χ0v) is 47.1. The summed E-state index contributed by atoms with van der Waals surface area (Å²) in [7, 11) is 23.1. The Hall–Kier alpha value is -3.33. The number of nitrogens with one attached hydrogen (secondary N) is 2. The van der Waals surface area contributed by atoms with Gasteiger partial charge in [0.2, 0.25) is 0 Å². The number of methoxy groups -OCH3 is 2. The summed E-state index contributed by atoms with van der Waals surface area (Å²) >= 11 is 9.38. The van der Waals surface area contributed by atoms with Gasteiger partial charge in [-0.15, -0.1) is 0 Å². The number of ether oxygens (including phenoxy) is 2. The van der Waals surface area contributed by atoms with Crippen LogP contribution in [0, 0.1) is 11.3 Å². The van der Waals surface area contributed by atoms with Crippen LogP contribution in [0.2, 0.25) is 0 Å². The molecule has 6 N–H and O–H groups in total. The van der Waals surface area contributed by atoms with Crippen LogP contribution < -0.4 is 22.1 Å². The molecule has 0 saturated carbocycles. The molecule has 0 aliphatic carbocycles. The highest BCUT2D eigenvalue weighted by atomic mass is 33.4. The molecule has 2 atom stereocenters. The highest BCUT2D eigenvalue weighted by Gasteiger charge is 2.37. The topological polar surface area (TPSA) is 189 Å². The van der Waals surface area contributed by atoms with Gasteiger partial charge in [-0.1, -0.05) is 60.7 Å². The van der Waals surface area contributed by atoms with E-state index >= 15 is 0 Å². The number of piperidine rings is 1. The summed E-state index contributed by atoms with van der Waals surface area (Å²) in [6.07, 6.45) is 2.39. The number of carbonyl (C=O) groups excluding carboxylic acids is 3. The van der Waals surface area contributed by atoms with Gasteiger partial charge in [-0.2, -0.15) is 5.26 Å². The lowest BCUT2D eigenvalue weighted by Gasteiger charge is -2.34. The summed E-state index contributed by atoms with van der Waals surface area (Å²) in [4.78, 5) is 44.6. The van der Waals surface area contributed by atoms with E-state index < -0.39 is 11.9 Å². The number of hydrogen-bond donors (Lipinski definition) is 4. The molecule has 4 aliphatic rings. The van der Waals surface area contributed by atoms with Crippen LogP contribution >= 0.6 is 0 Å². The first-order valence-corrected chi connectivity index (χ1v) is 34.7. The number of hydrogen-bond acceptors (Lipinski definition) is 15. The fourth-order valence-corrected chi connectivity index (χ4v) is 29.3. The average Bonchev–Trinajstić information content (AvgIpc) is 3.42. The summed E-state index contributed by atoms with van der Waals surface area (Å²) in [5, 5.41) is 15.5. The second-order valence-electron chi connectivity index (χ2n) is 14.7. The molecule has 4 aliphatic heterocycles. The van der Waals surface area contributed by atoms with Gasteiger partial charge in [0.15, 0.2) is 0 Å². The lowest BCUT2D eigenvalue weighted by atomic mass is 9.80. The van der Waals surface area contributed by atoms with Gasteiger partial charge in [-0.25, -0.2) is 14.6 Å². The van der Waals surface area contributed by atoms with Gasteiger partial charge in [-0.3, -0.25) is 4.79 Å². The average molecular weight is 1150 g/mol. The van der Waals surface area contributed by atoms with E-state index in [0.717, 1.165) is 90.6 Å². The Balaban J connectivity index is 0.000000998. The van der Waals surface area contributed by atoms with Crippen molar-refractivity contribution in [2.24, 2.45) is 5.73 Å². The van der Waals surface area contributed by atoms with Crippen molar-refractivity contribution in [3.05, 3.63) is 123 Å². The second kappa shape index (κ2) is 29.6. The number of fused-ring (bicyclic) bond motifs is 2. The third-order valence-electron chi connectivity index (χ3n) is 10.5. The van der Waals surface area contributed by atoms with Crippen molar-refractivity contribution >= 4 is 140 Å². The SMILES string of the molecule is CN1CCC(=O)CC1.COC(=O)C1=C(C)NC(N)=C(C#N)C1c1ccccc1.COC(=O)C1=C(C)Nc2nc3c(c(N)c2C1c1ccccc1)CN(C)CC3.S=S=S=S=S=S=S=S=S=S=S=S.[2HH].[2H][2H].[2H][2H].[2H][2H]. The second-order valence-corrected chi connectivity index (χ2v) is 32.4. The number of ketones is 1. The third-order valence-corrected chi connectivity index (χ3v) is 30.5. The number of nitrogens with zero attached hydrogens (tertiary/aromatic N) is 4. The van der Waals surface area contributed by atoms with E-state index in [0.29, 0.717) is 28.2 Å². The van der Waals surface area contributed by atoms with Gasteiger partial charge in [0.1, 0.15) is 17.4 Å². The number of pyridine rings is 1. The number of dihydropyridines is 1. The first-order chi connectivity index (χ1) is 35.3. The van der Waals surface area contributed by atoms with Crippen LogP contribution in [0.5, 0.6) is 0 Å². The van der Waals surface area contributed by atoms with E-state index in [-0.39, 0.29) is 19.1 Å². The van der Waals surface area contributed by atoms with E-state index in [1.54, 1.807) is 78.0 Å². The van der Waals surface area contributed by atoms with E-state index in [1.807, 2.05) is 74.6 Å². The maximum atomic E-state index is 12.6. The molecular weight excluding hydrogens is 1080 g/mol. The maximum Gasteiger partial charge on any atom is 0.336 e. The highest BCUT2D eigenvalue weighted by molar-refractivity contribution is 8.75. The minimum atomic E-state index is -0.505. The Morgan fingerprint density at radius 2 is 1.22 bits per heavy atom. The van der Waals surface area contributed by atoms with Crippen LogP contribution in [0.25, 0.3) is 0 Å². The van der Waals surface area contributed by atoms with Gasteiger partial charge < -0.3 is 41.4 Å². The molecular formula is C42H58N8O5S12. The normalized spacial score (nSPS) is 17.7. The van der Waals surface area contributed by atoms with E-state index in [1.165, 1.54) is 32.0 Å². The van der Waals surface area contributed by atoms with Gasteiger partial charge >= 0.3 is 11.9 Å². The molecule has 7 rings (SSSR count). The van der Waals surface area contributed by atoms with Gasteiger partial charge in [-0.05, 0) is 39.1 Å². The molecule has 2 unspecified atom stereocenters. The fraction of sp³-hybridized carbons (Fsp3) is 0.357. The molecule has 1 fully saturated rings. The number of aromatic nitrogens is 1. The lowest BCUT2D eigenvalue weighted by Crippen LogP contribution is -2.32. The smallest absolute Gasteiger partial charge is 0.336 e. The number of nitriles is 1. The van der Waals surface area contributed by atoms with Crippen molar-refractivity contribution in [1.29, 1.82) is 5.26 Å². The Labute approximate surface area is 441 Å². The molecule has 2 aromatic carbocycles. The zero-order valence-electron chi connectivity index (χ0n) is 43.3. The zero-order chi connectivity index (χ0) is 54.9. The van der Waals surface area contributed by atoms with Crippen molar-refractivity contribution in [2.45, 2.75) is 51.5 Å². The van der Waals surface area contributed by atoms with Gasteiger partial charge in [0, 0.05) is 201 Å². The number of esters is 2. The van der Waals surface area contributed by atoms with Crippen molar-refractivity contribution < 1.29 is 34.2 Å². The number of benzene rings is 2. The number of rotatable bonds is 4. The lowest BCUT2D eigenvalue weighted by molar-refractivity contribution is -0.137. The number of Topliss-reactive ketones (excluding diaryl/α,β-unsaturated/α-hetero) is 1. The number of anilines is 2. The summed E-state index contributed by atoms with van der Waals surface area (Å²) in [5.74, 6) is -0.197. The minimum absolute atomic E-state index is 0. The quantitative estimate of drug-likeness (QED) is 0.243. The fourth-order valence-electron chi connectivity index (χ4n) is 7.39. The molecule has 368 valence electrons. The van der Waals surface area contributed by atoms with Crippen LogP contribution in [0.15, 0.2) is 94.6 Å². The summed E-state index contributed by atoms with van der Waals surface area (Å²) in [5.41, 5.74) is 20.7. The molecule has 13 nitrogen and oxygen atoms in total. The number of likely N-dealkylation sites (tertiary alicyclic amines) is 1. The summed E-state index contributed by atoms with van der Waals surface area (Å²) in [6, 6.07) is 21.3. The monoisotopic (exact) mass is 1150 g/mol. The molecule has 25 heteroatoms. The molecule has 1 saturated heterocycles.